The molecule has 1 rings (SSSR count). The molecular weight excluding hydrogens is 288 g/mol. The Morgan fingerprint density at radius 1 is 1.18 bits per heavy atom. The summed E-state index contributed by atoms with van der Waals surface area (Å²) in [5, 5.41) is 12.1. The van der Waals surface area contributed by atoms with Crippen LogP contribution in [0.3, 0.4) is 0 Å². The van der Waals surface area contributed by atoms with Crippen molar-refractivity contribution in [1.29, 1.82) is 0 Å². The van der Waals surface area contributed by atoms with E-state index in [0.717, 1.165) is 25.7 Å². The van der Waals surface area contributed by atoms with Gasteiger partial charge in [-0.2, -0.15) is 0 Å². The molecule has 1 N–H and O–H groups in total. The van der Waals surface area contributed by atoms with Gasteiger partial charge in [-0.15, -0.1) is 5.76 Å². The summed E-state index contributed by atoms with van der Waals surface area (Å²) >= 11 is 0. The molecule has 0 aromatic rings. The van der Waals surface area contributed by atoms with Crippen LogP contribution in [0.4, 0.5) is 0 Å². The summed E-state index contributed by atoms with van der Waals surface area (Å²) in [4.78, 5) is 9.84. The molecule has 0 atom stereocenters. The molecule has 0 aromatic heterocycles. The van der Waals surface area contributed by atoms with Crippen LogP contribution < -0.4 is 5.11 Å². The minimum absolute atomic E-state index is 0. The van der Waals surface area contributed by atoms with Gasteiger partial charge in [0.1, 0.15) is 0 Å². The van der Waals surface area contributed by atoms with Crippen LogP contribution in [-0.2, 0) is 0 Å². The van der Waals surface area contributed by atoms with Gasteiger partial charge in [-0.25, -0.2) is 0 Å². The molecule has 1 saturated carbocycles. The summed E-state index contributed by atoms with van der Waals surface area (Å²) < 4.78 is 0. The molecule has 0 aromatic carbocycles. The maximum Gasteiger partial charge on any atom is 2.00 e. The van der Waals surface area contributed by atoms with Gasteiger partial charge in [0, 0.05) is 6.08 Å². The standard InChI is InChI=1S/C14H24O2.Sr/c1-13(2,3)11(15)10-12(16)14(4)8-6-5-7-9-14;/h10,16H,5-9H2,1-4H3;/q;+2/b12-10-;. The van der Waals surface area contributed by atoms with E-state index >= 15 is 0 Å². The molecule has 17 heavy (non-hydrogen) atoms. The molecule has 0 saturated heterocycles. The van der Waals surface area contributed by atoms with Crippen LogP contribution in [0.15, 0.2) is 11.8 Å². The third-order valence-corrected chi connectivity index (χ3v) is 3.59. The van der Waals surface area contributed by atoms with Crippen LogP contribution >= 0.6 is 0 Å². The number of allylic oxidation sites excluding steroid dienone is 2. The topological polar surface area (TPSA) is 44.5 Å². The molecule has 92 valence electrons. The summed E-state index contributed by atoms with van der Waals surface area (Å²) in [6, 6.07) is 0. The van der Waals surface area contributed by atoms with E-state index in [2.05, 4.69) is 0 Å². The number of ketones is 1. The number of rotatable bonds is 2. The Labute approximate surface area is 142 Å². The Hall–Kier alpha value is 0.691. The summed E-state index contributed by atoms with van der Waals surface area (Å²) in [6.45, 7) is 7.76. The second kappa shape index (κ2) is 6.74. The van der Waals surface area contributed by atoms with E-state index in [1.165, 1.54) is 12.5 Å². The van der Waals surface area contributed by atoms with E-state index in [-0.39, 0.29) is 67.9 Å². The van der Waals surface area contributed by atoms with Crippen molar-refractivity contribution in [3.05, 3.63) is 11.8 Å². The van der Waals surface area contributed by atoms with Crippen LogP contribution in [0, 0.1) is 10.8 Å². The van der Waals surface area contributed by atoms with Crippen molar-refractivity contribution in [3.8, 4) is 0 Å². The monoisotopic (exact) mass is 312 g/mol. The van der Waals surface area contributed by atoms with Gasteiger partial charge < -0.3 is 5.11 Å². The zero-order chi connectivity index (χ0) is 12.4. The fourth-order valence-electron chi connectivity index (χ4n) is 2.09. The summed E-state index contributed by atoms with van der Waals surface area (Å²) in [6.07, 6.45) is 6.86. The maximum atomic E-state index is 12.1. The van der Waals surface area contributed by atoms with E-state index in [1.54, 1.807) is 0 Å². The van der Waals surface area contributed by atoms with Gasteiger partial charge in [0.25, 0.3) is 0 Å². The molecule has 1 aliphatic carbocycles. The second-order valence-corrected chi connectivity index (χ2v) is 6.27. The predicted molar refractivity (Wildman–Crippen MR) is 71.4 cm³/mol. The summed E-state index contributed by atoms with van der Waals surface area (Å²) in [5.41, 5.74) is -0.571. The molecule has 3 heteroatoms. The molecule has 2 nitrogen and oxygen atoms in total. The van der Waals surface area contributed by atoms with Gasteiger partial charge in [-0.05, 0) is 39.0 Å². The molecule has 0 radical (unpaired) electrons. The molecule has 0 heterocycles. The first-order valence-electron chi connectivity index (χ1n) is 6.21. The second-order valence-electron chi connectivity index (χ2n) is 6.27. The van der Waals surface area contributed by atoms with E-state index in [9.17, 15) is 9.90 Å². The smallest absolute Gasteiger partial charge is 0.875 e. The third kappa shape index (κ3) is 5.06. The molecule has 0 spiro atoms. The quantitative estimate of drug-likeness (QED) is 0.334. The Kier molecular flexibility index (Phi) is 7.01. The van der Waals surface area contributed by atoms with Crippen LogP contribution in [-0.4, -0.2) is 56.1 Å². The number of carbonyl (C=O) groups excluding carboxylic acids is 1. The van der Waals surface area contributed by atoms with E-state index in [0.29, 0.717) is 0 Å². The fourth-order valence-corrected chi connectivity index (χ4v) is 2.09. The van der Waals surface area contributed by atoms with Gasteiger partial charge in [-0.1, -0.05) is 26.2 Å². The Bertz CT molecular complexity index is 294. The Morgan fingerprint density at radius 3 is 2.06 bits per heavy atom. The largest absolute Gasteiger partial charge is 2.00 e. The minimum atomic E-state index is -0.333. The van der Waals surface area contributed by atoms with E-state index in [4.69, 9.17) is 0 Å². The van der Waals surface area contributed by atoms with Crippen molar-refractivity contribution in [2.75, 3.05) is 0 Å². The average Bonchev–Trinajstić information content (AvgIpc) is 2.17. The van der Waals surface area contributed by atoms with Gasteiger partial charge in [-0.3, -0.25) is 4.79 Å². The molecule has 1 fully saturated rings. The summed E-state index contributed by atoms with van der Waals surface area (Å²) in [5.74, 6) is 0.295. The maximum absolute atomic E-state index is 12.1. The van der Waals surface area contributed by atoms with Crippen molar-refractivity contribution >= 4 is 51.3 Å². The van der Waals surface area contributed by atoms with Crippen molar-refractivity contribution in [2.24, 2.45) is 10.8 Å². The van der Waals surface area contributed by atoms with Crippen molar-refractivity contribution in [2.45, 2.75) is 59.8 Å². The molecule has 0 amide bonds. The van der Waals surface area contributed by atoms with Gasteiger partial charge in [0.15, 0.2) is 0 Å². The van der Waals surface area contributed by atoms with Crippen LogP contribution in [0.5, 0.6) is 0 Å². The molecule has 0 aliphatic heterocycles. The van der Waals surface area contributed by atoms with Crippen molar-refractivity contribution in [1.82, 2.24) is 0 Å². The first-order valence-corrected chi connectivity index (χ1v) is 6.21. The zero-order valence-electron chi connectivity index (χ0n) is 11.7. The van der Waals surface area contributed by atoms with Gasteiger partial charge in [0.05, 0.1) is 5.41 Å². The zero-order valence-corrected chi connectivity index (χ0v) is 15.2. The van der Waals surface area contributed by atoms with E-state index < -0.39 is 0 Å². The number of hydrogen-bond donors (Lipinski definition) is 0. The Morgan fingerprint density at radius 2 is 1.65 bits per heavy atom. The van der Waals surface area contributed by atoms with Crippen LogP contribution in [0.1, 0.15) is 59.8 Å². The normalized spacial score (nSPS) is 20.6. The average molecular weight is 312 g/mol. The SMILES string of the molecule is CC(C)(C)C(=[OH+])/C=C(\[O-])C1(C)CCCCC1.[Sr+2]. The first kappa shape index (κ1) is 17.7. The molecular formula is C14H24O2Sr+2. The van der Waals surface area contributed by atoms with Crippen molar-refractivity contribution < 1.29 is 9.90 Å². The number of hydrogen-bond acceptors (Lipinski definition) is 1. The first-order chi connectivity index (χ1) is 7.26. The molecule has 0 unspecified atom stereocenters. The third-order valence-electron chi connectivity index (χ3n) is 3.59. The summed E-state index contributed by atoms with van der Waals surface area (Å²) in [7, 11) is 0. The predicted octanol–water partition coefficient (Wildman–Crippen LogP) is 2.41. The fraction of sp³-hybridized carbons (Fsp3) is 0.786. The minimum Gasteiger partial charge on any atom is -0.875 e. The Balaban J connectivity index is 0.00000256. The van der Waals surface area contributed by atoms with E-state index in [1.807, 2.05) is 27.7 Å². The van der Waals surface area contributed by atoms with Crippen LogP contribution in [0.2, 0.25) is 0 Å². The van der Waals surface area contributed by atoms with Gasteiger partial charge in [0.2, 0.25) is 0 Å². The molecule has 1 aliphatic rings. The van der Waals surface area contributed by atoms with Crippen LogP contribution in [0.25, 0.3) is 0 Å². The molecule has 0 bridgehead atoms. The van der Waals surface area contributed by atoms with Crippen molar-refractivity contribution in [3.63, 3.8) is 0 Å². The van der Waals surface area contributed by atoms with Gasteiger partial charge >= 0.3 is 51.3 Å².